The van der Waals surface area contributed by atoms with Gasteiger partial charge in [0.2, 0.25) is 0 Å². The van der Waals surface area contributed by atoms with E-state index in [0.717, 1.165) is 6.42 Å². The van der Waals surface area contributed by atoms with Crippen LogP contribution in [0.1, 0.15) is 27.2 Å². The van der Waals surface area contributed by atoms with E-state index in [2.05, 4.69) is 39.8 Å². The van der Waals surface area contributed by atoms with Crippen molar-refractivity contribution >= 4 is 30.1 Å². The van der Waals surface area contributed by atoms with Crippen LogP contribution in [0.2, 0.25) is 18.1 Å². The van der Waals surface area contributed by atoms with Crippen molar-refractivity contribution in [3.05, 3.63) is 0 Å². The lowest BCUT2D eigenvalue weighted by Gasteiger charge is -2.35. The lowest BCUT2D eigenvalue weighted by molar-refractivity contribution is 0.296. The lowest BCUT2D eigenvalue weighted by Crippen LogP contribution is -2.40. The highest BCUT2D eigenvalue weighted by atomic mass is 28.4. The minimum atomic E-state index is -6.00. The second kappa shape index (κ2) is 13.3. The van der Waals surface area contributed by atoms with Gasteiger partial charge in [-0.25, -0.2) is 0 Å². The third-order valence-corrected chi connectivity index (χ3v) is 7.05. The average Bonchev–Trinajstić information content (AvgIpc) is 2.19. The predicted molar refractivity (Wildman–Crippen MR) is 87.2 cm³/mol. The molecule has 1 nitrogen and oxygen atoms in total. The molecule has 0 aliphatic carbocycles. The van der Waals surface area contributed by atoms with Gasteiger partial charge < -0.3 is 56.2 Å². The SMILES string of the molecule is C#CCCO[Si](C)(C)C(C)(C)C.F[B-](F)(F)F.F[B-](F)(F)F.F[B-](F)(F)F. The Kier molecular flexibility index (Phi) is 16.6. The highest BCUT2D eigenvalue weighted by molar-refractivity contribution is 6.74. The van der Waals surface area contributed by atoms with Gasteiger partial charge in [0.05, 0.1) is 0 Å². The molecule has 0 spiro atoms. The summed E-state index contributed by atoms with van der Waals surface area (Å²) in [6, 6.07) is 0. The van der Waals surface area contributed by atoms with Gasteiger partial charge in [-0.15, -0.1) is 12.3 Å². The molecule has 0 rings (SSSR count). The van der Waals surface area contributed by atoms with E-state index in [1.807, 2.05) is 0 Å². The molecule has 0 aliphatic rings. The molecule has 0 aromatic heterocycles. The van der Waals surface area contributed by atoms with Crippen LogP contribution in [-0.2, 0) is 4.43 Å². The van der Waals surface area contributed by atoms with Crippen molar-refractivity contribution in [3.63, 3.8) is 0 Å². The van der Waals surface area contributed by atoms with Crippen molar-refractivity contribution in [1.29, 1.82) is 0 Å². The minimum absolute atomic E-state index is 0.293. The Bertz CT molecular complexity index is 362. The Morgan fingerprint density at radius 1 is 0.741 bits per heavy atom. The van der Waals surface area contributed by atoms with Crippen LogP contribution in [0.5, 0.6) is 0 Å². The van der Waals surface area contributed by atoms with E-state index in [1.54, 1.807) is 0 Å². The molecule has 0 unspecified atom stereocenters. The molecule has 27 heavy (non-hydrogen) atoms. The van der Waals surface area contributed by atoms with Crippen LogP contribution >= 0.6 is 0 Å². The average molecular weight is 445 g/mol. The molecule has 0 saturated carbocycles. The molecule has 0 heterocycles. The first-order valence-corrected chi connectivity index (χ1v) is 9.91. The fourth-order valence-corrected chi connectivity index (χ4v) is 1.63. The normalized spacial score (nSPS) is 12.3. The van der Waals surface area contributed by atoms with Gasteiger partial charge in [-0.1, -0.05) is 20.8 Å². The standard InChI is InChI=1S/C10H20OSi.3BF4/c1-7-8-9-11-12(5,6)10(2,3)4;3*2-1(3,4)5/h1H,8-9H2,2-6H3;;;/q;3*-1. The van der Waals surface area contributed by atoms with Crippen LogP contribution in [-0.4, -0.2) is 36.7 Å². The van der Waals surface area contributed by atoms with Crippen molar-refractivity contribution < 1.29 is 56.2 Å². The van der Waals surface area contributed by atoms with Crippen LogP contribution in [0.3, 0.4) is 0 Å². The first kappa shape index (κ1) is 33.7. The highest BCUT2D eigenvalue weighted by Gasteiger charge is 2.36. The molecule has 0 bridgehead atoms. The van der Waals surface area contributed by atoms with Crippen LogP contribution in [0, 0.1) is 12.3 Å². The van der Waals surface area contributed by atoms with Gasteiger partial charge in [0, 0.05) is 13.0 Å². The zero-order chi connectivity index (χ0) is 23.3. The van der Waals surface area contributed by atoms with Crippen molar-refractivity contribution in [1.82, 2.24) is 0 Å². The zero-order valence-corrected chi connectivity index (χ0v) is 16.2. The third kappa shape index (κ3) is 67.4. The van der Waals surface area contributed by atoms with E-state index in [-0.39, 0.29) is 0 Å². The molecule has 0 aliphatic heterocycles. The number of halogens is 12. The first-order chi connectivity index (χ1) is 11.3. The lowest BCUT2D eigenvalue weighted by atomic mass is 10.2. The van der Waals surface area contributed by atoms with E-state index >= 15 is 0 Å². The van der Waals surface area contributed by atoms with Crippen LogP contribution < -0.4 is 0 Å². The Morgan fingerprint density at radius 3 is 1.11 bits per heavy atom. The molecule has 0 aromatic rings. The number of hydrogen-bond donors (Lipinski definition) is 0. The fraction of sp³-hybridized carbons (Fsp3) is 0.800. The summed E-state index contributed by atoms with van der Waals surface area (Å²) in [5.41, 5.74) is 0. The minimum Gasteiger partial charge on any atom is -0.418 e. The van der Waals surface area contributed by atoms with Crippen molar-refractivity contribution in [2.75, 3.05) is 6.61 Å². The first-order valence-electron chi connectivity index (χ1n) is 7.00. The van der Waals surface area contributed by atoms with E-state index < -0.39 is 30.1 Å². The molecule has 0 atom stereocenters. The summed E-state index contributed by atoms with van der Waals surface area (Å²) in [5.74, 6) is 2.59. The molecular formula is C10H20B3F12OSi-3. The van der Waals surface area contributed by atoms with Crippen molar-refractivity contribution in [3.8, 4) is 12.3 Å². The molecular weight excluding hydrogens is 425 g/mol. The van der Waals surface area contributed by atoms with Gasteiger partial charge in [-0.05, 0) is 18.1 Å². The predicted octanol–water partition coefficient (Wildman–Crippen LogP) is 6.93. The van der Waals surface area contributed by atoms with Crippen LogP contribution in [0.4, 0.5) is 51.8 Å². The molecule has 0 saturated heterocycles. The Labute approximate surface area is 151 Å². The Balaban J connectivity index is -0.000000147. The van der Waals surface area contributed by atoms with E-state index in [9.17, 15) is 51.8 Å². The summed E-state index contributed by atoms with van der Waals surface area (Å²) in [6.45, 7) is 11.9. The maximum atomic E-state index is 9.75. The molecule has 166 valence electrons. The molecule has 0 amide bonds. The maximum Gasteiger partial charge on any atom is 0.673 e. The molecule has 0 radical (unpaired) electrons. The van der Waals surface area contributed by atoms with Gasteiger partial charge in [-0.2, -0.15) is 0 Å². The van der Waals surface area contributed by atoms with E-state index in [1.165, 1.54) is 0 Å². The smallest absolute Gasteiger partial charge is 0.418 e. The summed E-state index contributed by atoms with van der Waals surface area (Å²) in [5, 5.41) is 0.293. The summed E-state index contributed by atoms with van der Waals surface area (Å²) in [7, 11) is -19.5. The molecule has 17 heteroatoms. The van der Waals surface area contributed by atoms with Crippen molar-refractivity contribution in [2.45, 2.75) is 45.3 Å². The second-order valence-electron chi connectivity index (χ2n) is 6.05. The fourth-order valence-electron chi connectivity index (χ4n) is 0.582. The van der Waals surface area contributed by atoms with Crippen molar-refractivity contribution in [2.24, 2.45) is 0 Å². The van der Waals surface area contributed by atoms with Gasteiger partial charge in [0.25, 0.3) is 0 Å². The van der Waals surface area contributed by atoms with Gasteiger partial charge >= 0.3 is 21.8 Å². The quantitative estimate of drug-likeness (QED) is 0.198. The summed E-state index contributed by atoms with van der Waals surface area (Å²) in [6.07, 6.45) is 5.88. The zero-order valence-electron chi connectivity index (χ0n) is 15.2. The van der Waals surface area contributed by atoms with E-state index in [0.29, 0.717) is 11.6 Å². The molecule has 0 fully saturated rings. The Hall–Kier alpha value is -0.908. The molecule has 0 aromatic carbocycles. The third-order valence-electron chi connectivity index (χ3n) is 2.52. The van der Waals surface area contributed by atoms with Gasteiger partial charge in [0.1, 0.15) is 0 Å². The monoisotopic (exact) mass is 445 g/mol. The molecule has 0 N–H and O–H groups in total. The summed E-state index contributed by atoms with van der Waals surface area (Å²) >= 11 is 0. The van der Waals surface area contributed by atoms with Crippen LogP contribution in [0.15, 0.2) is 0 Å². The second-order valence-corrected chi connectivity index (χ2v) is 10.9. The Morgan fingerprint density at radius 2 is 0.963 bits per heavy atom. The van der Waals surface area contributed by atoms with Gasteiger partial charge in [0.15, 0.2) is 8.32 Å². The van der Waals surface area contributed by atoms with Crippen LogP contribution in [0.25, 0.3) is 0 Å². The largest absolute Gasteiger partial charge is 0.673 e. The highest BCUT2D eigenvalue weighted by Crippen LogP contribution is 2.36. The summed E-state index contributed by atoms with van der Waals surface area (Å²) < 4.78 is 123. The van der Waals surface area contributed by atoms with E-state index in [4.69, 9.17) is 10.8 Å². The maximum absolute atomic E-state index is 9.75. The topological polar surface area (TPSA) is 9.23 Å². The number of rotatable bonds is 3. The van der Waals surface area contributed by atoms with Gasteiger partial charge in [-0.3, -0.25) is 0 Å². The summed E-state index contributed by atoms with van der Waals surface area (Å²) in [4.78, 5) is 0. The number of terminal acetylenes is 1. The number of hydrogen-bond acceptors (Lipinski definition) is 1.